The Morgan fingerprint density at radius 2 is 1.48 bits per heavy atom. The number of amides is 1. The zero-order valence-corrected chi connectivity index (χ0v) is 18.3. The number of nitrogens with two attached hydrogens (primary N) is 1. The van der Waals surface area contributed by atoms with Gasteiger partial charge in [-0.3, -0.25) is 10.1 Å². The van der Waals surface area contributed by atoms with E-state index < -0.39 is 11.0 Å². The molecule has 1 amide bonds. The Labute approximate surface area is 168 Å². The van der Waals surface area contributed by atoms with Crippen LogP contribution in [-0.4, -0.2) is 23.1 Å². The van der Waals surface area contributed by atoms with Crippen molar-refractivity contribution in [3.8, 4) is 5.75 Å². The van der Waals surface area contributed by atoms with E-state index in [9.17, 15) is 14.9 Å². The van der Waals surface area contributed by atoms with E-state index in [-0.39, 0.29) is 40.7 Å². The Hall–Kier alpha value is -1.86. The van der Waals surface area contributed by atoms with Gasteiger partial charge in [-0.1, -0.05) is 41.5 Å². The van der Waals surface area contributed by atoms with Crippen LogP contribution in [0.25, 0.3) is 0 Å². The van der Waals surface area contributed by atoms with E-state index in [1.54, 1.807) is 0 Å². The number of hydrogen-bond acceptors (Lipinski definition) is 5. The molecule has 0 saturated carbocycles. The summed E-state index contributed by atoms with van der Waals surface area (Å²) in [7, 11) is 0. The molecule has 0 spiro atoms. The van der Waals surface area contributed by atoms with Gasteiger partial charge >= 0.3 is 6.09 Å². The molecule has 0 unspecified atom stereocenters. The van der Waals surface area contributed by atoms with Gasteiger partial charge in [0.2, 0.25) is 0 Å². The van der Waals surface area contributed by atoms with Crippen LogP contribution in [0.15, 0.2) is 24.3 Å². The summed E-state index contributed by atoms with van der Waals surface area (Å²) in [6.45, 7) is 16.3. The summed E-state index contributed by atoms with van der Waals surface area (Å²) >= 11 is 0. The minimum Gasteiger partial charge on any atom is -0.410 e. The van der Waals surface area contributed by atoms with Crippen LogP contribution in [0.2, 0.25) is 0 Å². The Kier molecular flexibility index (Phi) is 11.2. The third-order valence-electron chi connectivity index (χ3n) is 4.26. The van der Waals surface area contributed by atoms with E-state index in [1.165, 1.54) is 24.3 Å². The maximum Gasteiger partial charge on any atom is 0.412 e. The first kappa shape index (κ1) is 27.4. The lowest BCUT2D eigenvalue weighted by Crippen LogP contribution is -2.42. The smallest absolute Gasteiger partial charge is 0.410 e. The Balaban J connectivity index is 0. The highest BCUT2D eigenvalue weighted by atomic mass is 35.5. The van der Waals surface area contributed by atoms with Crippen molar-refractivity contribution in [3.63, 3.8) is 0 Å². The molecule has 1 aromatic carbocycles. The van der Waals surface area contributed by atoms with Crippen molar-refractivity contribution in [2.75, 3.05) is 0 Å². The minimum absolute atomic E-state index is 0. The van der Waals surface area contributed by atoms with E-state index in [1.807, 2.05) is 34.6 Å². The average Bonchev–Trinajstić information content (AvgIpc) is 2.46. The Bertz CT molecular complexity index is 590. The maximum absolute atomic E-state index is 11.6. The second-order valence-electron chi connectivity index (χ2n) is 8.53. The molecule has 2 atom stereocenters. The molecule has 1 rings (SSSR count). The zero-order valence-electron chi connectivity index (χ0n) is 17.5. The fourth-order valence-electron chi connectivity index (χ4n) is 1.17. The molecule has 0 aromatic heterocycles. The molecule has 3 N–H and O–H groups in total. The molecule has 0 heterocycles. The normalized spacial score (nSPS) is 13.2. The molecule has 0 aliphatic rings. The second kappa shape index (κ2) is 11.1. The lowest BCUT2D eigenvalue weighted by molar-refractivity contribution is -0.384. The first-order valence-electron chi connectivity index (χ1n) is 8.63. The standard InChI is InChI=1S/C13H18N2O4.C6H15N.ClH/c1-9(13(2,3)4)14-12(16)19-11-7-5-10(6-8-11)15(17)18;1-5(7)6(2,3)4;/h5-9H,1-4H3,(H,14,16);5H,7H2,1-4H3;1H/t9-;5-;/m11./s1. The van der Waals surface area contributed by atoms with E-state index in [0.29, 0.717) is 6.04 Å². The highest BCUT2D eigenvalue weighted by Gasteiger charge is 2.22. The van der Waals surface area contributed by atoms with Gasteiger partial charge in [0.05, 0.1) is 4.92 Å². The van der Waals surface area contributed by atoms with Gasteiger partial charge in [-0.05, 0) is 36.8 Å². The monoisotopic (exact) mass is 403 g/mol. The number of ether oxygens (including phenoxy) is 1. The molecule has 0 radical (unpaired) electrons. The van der Waals surface area contributed by atoms with Gasteiger partial charge in [-0.15, -0.1) is 12.4 Å². The molecular formula is C19H34ClN3O4. The van der Waals surface area contributed by atoms with Gasteiger partial charge in [-0.2, -0.15) is 0 Å². The number of hydrogen-bond donors (Lipinski definition) is 2. The highest BCUT2D eigenvalue weighted by molar-refractivity contribution is 5.85. The predicted molar refractivity (Wildman–Crippen MR) is 112 cm³/mol. The van der Waals surface area contributed by atoms with Gasteiger partial charge < -0.3 is 15.8 Å². The molecule has 27 heavy (non-hydrogen) atoms. The zero-order chi connectivity index (χ0) is 20.7. The third-order valence-corrected chi connectivity index (χ3v) is 4.26. The van der Waals surface area contributed by atoms with Crippen molar-refractivity contribution < 1.29 is 14.5 Å². The van der Waals surface area contributed by atoms with Crippen molar-refractivity contribution in [1.82, 2.24) is 5.32 Å². The fourth-order valence-corrected chi connectivity index (χ4v) is 1.17. The van der Waals surface area contributed by atoms with Gasteiger partial charge in [0.1, 0.15) is 5.75 Å². The lowest BCUT2D eigenvalue weighted by Gasteiger charge is -2.27. The SMILES string of the molecule is C[C@@H](N)C(C)(C)C.C[C@@H](NC(=O)Oc1ccc([N+](=O)[O-])cc1)C(C)(C)C.Cl. The van der Waals surface area contributed by atoms with Crippen LogP contribution in [-0.2, 0) is 0 Å². The Morgan fingerprint density at radius 1 is 1.07 bits per heavy atom. The lowest BCUT2D eigenvalue weighted by atomic mass is 9.88. The Morgan fingerprint density at radius 3 is 1.78 bits per heavy atom. The molecule has 1 aromatic rings. The topological polar surface area (TPSA) is 107 Å². The first-order chi connectivity index (χ1) is 11.6. The number of nitrogens with one attached hydrogen (secondary N) is 1. The number of non-ortho nitro benzene ring substituents is 1. The molecule has 0 bridgehead atoms. The number of nitrogens with zero attached hydrogens (tertiary/aromatic N) is 1. The maximum atomic E-state index is 11.6. The van der Waals surface area contributed by atoms with Crippen molar-refractivity contribution in [3.05, 3.63) is 34.4 Å². The predicted octanol–water partition coefficient (Wildman–Crippen LogP) is 4.92. The van der Waals surface area contributed by atoms with Crippen LogP contribution in [0.3, 0.4) is 0 Å². The van der Waals surface area contributed by atoms with Crippen LogP contribution in [0.4, 0.5) is 10.5 Å². The van der Waals surface area contributed by atoms with Gasteiger partial charge in [0.15, 0.2) is 0 Å². The van der Waals surface area contributed by atoms with Crippen LogP contribution < -0.4 is 15.8 Å². The van der Waals surface area contributed by atoms with Crippen LogP contribution in [0, 0.1) is 20.9 Å². The van der Waals surface area contributed by atoms with E-state index in [0.717, 1.165) is 0 Å². The number of nitro groups is 1. The molecule has 0 aliphatic carbocycles. The van der Waals surface area contributed by atoms with Gasteiger partial charge in [-0.25, -0.2) is 4.79 Å². The van der Waals surface area contributed by atoms with Crippen molar-refractivity contribution in [1.29, 1.82) is 0 Å². The molecular weight excluding hydrogens is 370 g/mol. The summed E-state index contributed by atoms with van der Waals surface area (Å²) in [5, 5.41) is 13.2. The van der Waals surface area contributed by atoms with Gasteiger partial charge in [0, 0.05) is 24.2 Å². The van der Waals surface area contributed by atoms with Crippen molar-refractivity contribution in [2.45, 2.75) is 67.5 Å². The summed E-state index contributed by atoms with van der Waals surface area (Å²) in [5.41, 5.74) is 5.73. The van der Waals surface area contributed by atoms with Crippen LogP contribution >= 0.6 is 12.4 Å². The third kappa shape index (κ3) is 11.5. The van der Waals surface area contributed by atoms with Crippen molar-refractivity contribution in [2.24, 2.45) is 16.6 Å². The number of halogens is 1. The molecule has 0 fully saturated rings. The summed E-state index contributed by atoms with van der Waals surface area (Å²) in [5.74, 6) is 0.268. The number of carbonyl (C=O) groups is 1. The number of nitro benzene ring substituents is 1. The fraction of sp³-hybridized carbons (Fsp3) is 0.632. The molecule has 156 valence electrons. The van der Waals surface area contributed by atoms with Crippen molar-refractivity contribution >= 4 is 24.2 Å². The number of carbonyl (C=O) groups excluding carboxylic acids is 1. The summed E-state index contributed by atoms with van der Waals surface area (Å²) in [6, 6.07) is 5.59. The minimum atomic E-state index is -0.573. The van der Waals surface area contributed by atoms with E-state index in [2.05, 4.69) is 26.1 Å². The quantitative estimate of drug-likeness (QED) is 0.550. The van der Waals surface area contributed by atoms with Crippen LogP contribution in [0.5, 0.6) is 5.75 Å². The average molecular weight is 404 g/mol. The summed E-state index contributed by atoms with van der Waals surface area (Å²) in [6.07, 6.45) is -0.573. The van der Waals surface area contributed by atoms with Gasteiger partial charge in [0.25, 0.3) is 5.69 Å². The largest absolute Gasteiger partial charge is 0.412 e. The molecule has 8 heteroatoms. The highest BCUT2D eigenvalue weighted by Crippen LogP contribution is 2.20. The molecule has 7 nitrogen and oxygen atoms in total. The second-order valence-corrected chi connectivity index (χ2v) is 8.53. The van der Waals surface area contributed by atoms with E-state index >= 15 is 0 Å². The molecule has 0 aliphatic heterocycles. The number of benzene rings is 1. The van der Waals surface area contributed by atoms with E-state index in [4.69, 9.17) is 10.5 Å². The summed E-state index contributed by atoms with van der Waals surface area (Å²) < 4.78 is 5.04. The van der Waals surface area contributed by atoms with Crippen LogP contribution in [0.1, 0.15) is 55.4 Å². The molecule has 0 saturated heterocycles. The first-order valence-corrected chi connectivity index (χ1v) is 8.63. The summed E-state index contributed by atoms with van der Waals surface area (Å²) in [4.78, 5) is 21.6. The number of rotatable bonds is 3.